The smallest absolute Gasteiger partial charge is 0.390 e. The van der Waals surface area contributed by atoms with E-state index in [9.17, 15) is 31.9 Å². The van der Waals surface area contributed by atoms with Crippen molar-refractivity contribution in [1.82, 2.24) is 20.4 Å². The van der Waals surface area contributed by atoms with Crippen LogP contribution < -0.4 is 10.6 Å². The Labute approximate surface area is 236 Å². The minimum Gasteiger partial charge on any atom is -0.390 e. The van der Waals surface area contributed by atoms with Gasteiger partial charge in [0, 0.05) is 36.1 Å². The Morgan fingerprint density at radius 2 is 1.90 bits per heavy atom. The third-order valence-electron chi connectivity index (χ3n) is 7.14. The number of alkyl halides is 3. The molecule has 214 valence electrons. The molecule has 2 aromatic carbocycles. The molecule has 0 saturated heterocycles. The first-order valence-corrected chi connectivity index (χ1v) is 13.5. The van der Waals surface area contributed by atoms with Crippen LogP contribution in [0.5, 0.6) is 0 Å². The molecule has 1 aliphatic rings. The van der Waals surface area contributed by atoms with Crippen LogP contribution in [-0.4, -0.2) is 39.5 Å². The maximum absolute atomic E-state index is 13.9. The largest absolute Gasteiger partial charge is 0.435 e. The summed E-state index contributed by atoms with van der Waals surface area (Å²) >= 11 is 0.817. The highest BCUT2D eigenvalue weighted by molar-refractivity contribution is 7.20. The minimum absolute atomic E-state index is 0.0115. The zero-order chi connectivity index (χ0) is 29.5. The molecule has 3 N–H and O–H groups in total. The first kappa shape index (κ1) is 28.7. The Morgan fingerprint density at radius 1 is 1.20 bits per heavy atom. The van der Waals surface area contributed by atoms with Crippen LogP contribution in [0.3, 0.4) is 0 Å². The van der Waals surface area contributed by atoms with Crippen LogP contribution >= 0.6 is 11.3 Å². The number of hydrogen-bond acceptors (Lipinski definition) is 5. The number of amides is 1. The third kappa shape index (κ3) is 6.12. The Hall–Kier alpha value is -3.79. The lowest BCUT2D eigenvalue weighted by Crippen LogP contribution is -2.50. The van der Waals surface area contributed by atoms with Gasteiger partial charge in [-0.25, -0.2) is 8.78 Å². The van der Waals surface area contributed by atoms with Gasteiger partial charge in [-0.3, -0.25) is 9.48 Å². The van der Waals surface area contributed by atoms with Crippen LogP contribution in [0.15, 0.2) is 48.5 Å². The van der Waals surface area contributed by atoms with E-state index in [2.05, 4.69) is 21.7 Å². The molecule has 0 aliphatic heterocycles. The second-order valence-electron chi connectivity index (χ2n) is 10.1. The van der Waals surface area contributed by atoms with Gasteiger partial charge in [-0.05, 0) is 60.7 Å². The quantitative estimate of drug-likeness (QED) is 0.192. The average molecular weight is 589 g/mol. The van der Waals surface area contributed by atoms with Crippen LogP contribution in [0.2, 0.25) is 0 Å². The van der Waals surface area contributed by atoms with E-state index in [-0.39, 0.29) is 33.6 Å². The molecule has 4 aromatic rings. The van der Waals surface area contributed by atoms with Crippen molar-refractivity contribution in [3.8, 4) is 12.3 Å². The number of thiophene rings is 1. The summed E-state index contributed by atoms with van der Waals surface area (Å²) in [5.41, 5.74) is 0.327. The molecular weight excluding hydrogens is 563 g/mol. The van der Waals surface area contributed by atoms with Gasteiger partial charge in [-0.1, -0.05) is 18.1 Å². The number of terminal acetylenes is 1. The number of nitrogens with zero attached hydrogens (tertiary/aromatic N) is 2. The van der Waals surface area contributed by atoms with Crippen molar-refractivity contribution < 1.29 is 31.9 Å². The zero-order valence-corrected chi connectivity index (χ0v) is 22.5. The van der Waals surface area contributed by atoms with Gasteiger partial charge in [0.15, 0.2) is 5.69 Å². The van der Waals surface area contributed by atoms with Crippen molar-refractivity contribution in [3.05, 3.63) is 87.4 Å². The lowest BCUT2D eigenvalue weighted by atomic mass is 9.98. The fourth-order valence-corrected chi connectivity index (χ4v) is 5.88. The highest BCUT2D eigenvalue weighted by Crippen LogP contribution is 2.45. The van der Waals surface area contributed by atoms with Crippen molar-refractivity contribution in [2.24, 2.45) is 7.05 Å². The molecule has 0 bridgehead atoms. The number of carbonyl (C=O) groups is 1. The standard InChI is InChI=1S/C29H25F5N4O2S/c1-3-16-5-4-6-18(9-16)28(7-8-28)35-15-23(39)22(12-17-10-19(30)13-20(31)11-17)36-26(40)24-14-21-25(29(32,33)34)37-38(2)27(21)41-24/h1,4-6,9-11,13-14,22-23,35,39H,7-8,12,15H2,2H3,(H,36,40)/t22-,23-/m0/s1. The highest BCUT2D eigenvalue weighted by atomic mass is 32.1. The fourth-order valence-electron chi connectivity index (χ4n) is 4.91. The van der Waals surface area contributed by atoms with Crippen LogP contribution in [-0.2, 0) is 25.2 Å². The molecule has 0 unspecified atom stereocenters. The molecule has 6 nitrogen and oxygen atoms in total. The second kappa shape index (κ2) is 10.9. The summed E-state index contributed by atoms with van der Waals surface area (Å²) in [6.07, 6.45) is 1.04. The average Bonchev–Trinajstić information content (AvgIpc) is 3.46. The van der Waals surface area contributed by atoms with E-state index in [0.29, 0.717) is 11.6 Å². The van der Waals surface area contributed by atoms with Crippen LogP contribution in [0.25, 0.3) is 10.2 Å². The van der Waals surface area contributed by atoms with Crippen molar-refractivity contribution in [1.29, 1.82) is 0 Å². The Kier molecular flexibility index (Phi) is 7.63. The Morgan fingerprint density at radius 3 is 2.54 bits per heavy atom. The molecule has 0 radical (unpaired) electrons. The molecular formula is C29H25F5N4O2S. The summed E-state index contributed by atoms with van der Waals surface area (Å²) in [7, 11) is 1.35. The van der Waals surface area contributed by atoms with Crippen LogP contribution in [0, 0.1) is 24.0 Å². The SMILES string of the molecule is C#Cc1cccc(C2(NC[C@H](O)[C@H](Cc3cc(F)cc(F)c3)NC(=O)c3cc4c(C(F)(F)F)nn(C)c4s3)CC2)c1. The Balaban J connectivity index is 1.38. The van der Waals surface area contributed by atoms with E-state index in [0.717, 1.165) is 52.6 Å². The predicted octanol–water partition coefficient (Wildman–Crippen LogP) is 4.89. The first-order valence-electron chi connectivity index (χ1n) is 12.7. The lowest BCUT2D eigenvalue weighted by Gasteiger charge is -2.27. The van der Waals surface area contributed by atoms with E-state index < -0.39 is 47.1 Å². The van der Waals surface area contributed by atoms with E-state index in [1.807, 2.05) is 18.2 Å². The number of benzene rings is 2. The maximum Gasteiger partial charge on any atom is 0.435 e. The summed E-state index contributed by atoms with van der Waals surface area (Å²) in [5, 5.41) is 20.5. The maximum atomic E-state index is 13.9. The molecule has 1 fully saturated rings. The third-order valence-corrected chi connectivity index (χ3v) is 8.34. The van der Waals surface area contributed by atoms with Gasteiger partial charge in [0.05, 0.1) is 17.0 Å². The summed E-state index contributed by atoms with van der Waals surface area (Å²) in [4.78, 5) is 13.3. The number of nitrogens with one attached hydrogen (secondary N) is 2. The normalized spacial score (nSPS) is 15.9. The van der Waals surface area contributed by atoms with Crippen molar-refractivity contribution in [2.45, 2.75) is 43.1 Å². The van der Waals surface area contributed by atoms with Crippen molar-refractivity contribution >= 4 is 27.5 Å². The second-order valence-corrected chi connectivity index (χ2v) is 11.1. The number of rotatable bonds is 9. The minimum atomic E-state index is -4.71. The van der Waals surface area contributed by atoms with E-state index in [1.54, 1.807) is 6.07 Å². The van der Waals surface area contributed by atoms with Crippen LogP contribution in [0.4, 0.5) is 22.0 Å². The van der Waals surface area contributed by atoms with Crippen molar-refractivity contribution in [3.63, 3.8) is 0 Å². The predicted molar refractivity (Wildman–Crippen MR) is 144 cm³/mol. The molecule has 41 heavy (non-hydrogen) atoms. The van der Waals surface area contributed by atoms with Gasteiger partial charge in [0.25, 0.3) is 5.91 Å². The fraction of sp³-hybridized carbons (Fsp3) is 0.310. The molecule has 5 rings (SSSR count). The van der Waals surface area contributed by atoms with Gasteiger partial charge in [-0.2, -0.15) is 18.3 Å². The van der Waals surface area contributed by atoms with E-state index >= 15 is 0 Å². The number of hydrogen-bond donors (Lipinski definition) is 3. The summed E-state index contributed by atoms with van der Waals surface area (Å²) in [6, 6.07) is 10.4. The van der Waals surface area contributed by atoms with Gasteiger partial charge in [-0.15, -0.1) is 17.8 Å². The van der Waals surface area contributed by atoms with Crippen LogP contribution in [0.1, 0.15) is 44.9 Å². The molecule has 12 heteroatoms. The van der Waals surface area contributed by atoms with E-state index in [4.69, 9.17) is 6.42 Å². The monoisotopic (exact) mass is 588 g/mol. The molecule has 2 atom stereocenters. The zero-order valence-electron chi connectivity index (χ0n) is 21.7. The number of fused-ring (bicyclic) bond motifs is 1. The molecule has 1 amide bonds. The summed E-state index contributed by atoms with van der Waals surface area (Å²) in [5.74, 6) is 0.221. The summed E-state index contributed by atoms with van der Waals surface area (Å²) in [6.45, 7) is 0.0115. The van der Waals surface area contributed by atoms with Gasteiger partial charge < -0.3 is 15.7 Å². The molecule has 2 heterocycles. The lowest BCUT2D eigenvalue weighted by molar-refractivity contribution is -0.140. The Bertz CT molecular complexity index is 1630. The number of carbonyl (C=O) groups excluding carboxylic acids is 1. The number of aliphatic hydroxyl groups is 1. The number of aliphatic hydroxyl groups excluding tert-OH is 1. The van der Waals surface area contributed by atoms with Gasteiger partial charge in [0.2, 0.25) is 0 Å². The van der Waals surface area contributed by atoms with Crippen molar-refractivity contribution in [2.75, 3.05) is 6.54 Å². The highest BCUT2D eigenvalue weighted by Gasteiger charge is 2.44. The number of aromatic nitrogens is 2. The number of aryl methyl sites for hydroxylation is 1. The van der Waals surface area contributed by atoms with Gasteiger partial charge >= 0.3 is 6.18 Å². The number of halogens is 5. The molecule has 1 saturated carbocycles. The molecule has 0 spiro atoms. The first-order chi connectivity index (χ1) is 19.4. The topological polar surface area (TPSA) is 79.2 Å². The van der Waals surface area contributed by atoms with Gasteiger partial charge in [0.1, 0.15) is 16.5 Å². The van der Waals surface area contributed by atoms with E-state index in [1.165, 1.54) is 7.05 Å². The summed E-state index contributed by atoms with van der Waals surface area (Å²) < 4.78 is 69.2. The molecule has 2 aromatic heterocycles. The molecule has 1 aliphatic carbocycles.